The Morgan fingerprint density at radius 1 is 1.38 bits per heavy atom. The first-order valence-corrected chi connectivity index (χ1v) is 5.41. The van der Waals surface area contributed by atoms with Gasteiger partial charge in [0.1, 0.15) is 5.75 Å². The zero-order valence-electron chi connectivity index (χ0n) is 9.45. The van der Waals surface area contributed by atoms with Gasteiger partial charge in [-0.05, 0) is 38.0 Å². The van der Waals surface area contributed by atoms with E-state index in [9.17, 15) is 9.59 Å². The molecule has 1 aliphatic rings. The second-order valence-electron chi connectivity index (χ2n) is 4.11. The minimum atomic E-state index is -0.463. The number of benzene rings is 1. The number of hydrogen-bond acceptors (Lipinski definition) is 3. The lowest BCUT2D eigenvalue weighted by Crippen LogP contribution is -2.20. The van der Waals surface area contributed by atoms with Crippen LogP contribution >= 0.6 is 0 Å². The van der Waals surface area contributed by atoms with Gasteiger partial charge in [0.2, 0.25) is 0 Å². The maximum atomic E-state index is 11.5. The third-order valence-electron chi connectivity index (χ3n) is 2.89. The molecule has 1 aliphatic carbocycles. The van der Waals surface area contributed by atoms with Crippen molar-refractivity contribution >= 4 is 11.6 Å². The van der Waals surface area contributed by atoms with Gasteiger partial charge in [-0.15, -0.1) is 0 Å². The van der Waals surface area contributed by atoms with Gasteiger partial charge in [0, 0.05) is 12.0 Å². The van der Waals surface area contributed by atoms with E-state index in [-0.39, 0.29) is 11.6 Å². The molecule has 0 aromatic heterocycles. The van der Waals surface area contributed by atoms with Gasteiger partial charge in [0.05, 0.1) is 0 Å². The van der Waals surface area contributed by atoms with E-state index in [2.05, 4.69) is 0 Å². The highest BCUT2D eigenvalue weighted by molar-refractivity contribution is 6.00. The van der Waals surface area contributed by atoms with Crippen LogP contribution in [0, 0.1) is 0 Å². The molecule has 0 heterocycles. The number of rotatable bonds is 3. The van der Waals surface area contributed by atoms with Crippen LogP contribution in [0.2, 0.25) is 0 Å². The summed E-state index contributed by atoms with van der Waals surface area (Å²) in [6, 6.07) is 5.46. The van der Waals surface area contributed by atoms with E-state index in [1.807, 2.05) is 12.1 Å². The standard InChI is InChI=1S/C13H14O3/c1-8(14)9(2)16-11-5-3-10-4-6-13(15)12(10)7-11/h3,5,7,9H,4,6H2,1-2H3. The monoisotopic (exact) mass is 218 g/mol. The molecule has 2 rings (SSSR count). The molecule has 84 valence electrons. The Kier molecular flexibility index (Phi) is 2.77. The Bertz CT molecular complexity index is 448. The van der Waals surface area contributed by atoms with Crippen molar-refractivity contribution < 1.29 is 14.3 Å². The van der Waals surface area contributed by atoms with Crippen molar-refractivity contribution in [3.63, 3.8) is 0 Å². The van der Waals surface area contributed by atoms with Gasteiger partial charge in [-0.25, -0.2) is 0 Å². The number of carbonyl (C=O) groups is 2. The summed E-state index contributed by atoms with van der Waals surface area (Å²) in [7, 11) is 0. The van der Waals surface area contributed by atoms with E-state index in [0.717, 1.165) is 17.5 Å². The molecular weight excluding hydrogens is 204 g/mol. The van der Waals surface area contributed by atoms with Crippen molar-refractivity contribution in [3.8, 4) is 5.75 Å². The van der Waals surface area contributed by atoms with E-state index in [4.69, 9.17) is 4.74 Å². The highest BCUT2D eigenvalue weighted by Gasteiger charge is 2.20. The van der Waals surface area contributed by atoms with Crippen LogP contribution in [0.3, 0.4) is 0 Å². The largest absolute Gasteiger partial charge is 0.483 e. The van der Waals surface area contributed by atoms with Crippen LogP contribution in [-0.2, 0) is 11.2 Å². The number of aryl methyl sites for hydroxylation is 1. The maximum absolute atomic E-state index is 11.5. The fourth-order valence-corrected chi connectivity index (χ4v) is 1.78. The van der Waals surface area contributed by atoms with Crippen molar-refractivity contribution in [1.82, 2.24) is 0 Å². The third-order valence-corrected chi connectivity index (χ3v) is 2.89. The van der Waals surface area contributed by atoms with Crippen LogP contribution in [0.4, 0.5) is 0 Å². The van der Waals surface area contributed by atoms with Crippen LogP contribution in [0.1, 0.15) is 36.2 Å². The Morgan fingerprint density at radius 3 is 2.81 bits per heavy atom. The SMILES string of the molecule is CC(=O)C(C)Oc1ccc2c(c1)C(=O)CC2. The molecule has 0 aliphatic heterocycles. The van der Waals surface area contributed by atoms with Gasteiger partial charge >= 0.3 is 0 Å². The van der Waals surface area contributed by atoms with E-state index in [1.165, 1.54) is 6.92 Å². The van der Waals surface area contributed by atoms with Gasteiger partial charge in [-0.3, -0.25) is 9.59 Å². The smallest absolute Gasteiger partial charge is 0.169 e. The average molecular weight is 218 g/mol. The first kappa shape index (κ1) is 10.9. The number of hydrogen-bond donors (Lipinski definition) is 0. The summed E-state index contributed by atoms with van der Waals surface area (Å²) in [5.74, 6) is 0.736. The molecule has 0 saturated heterocycles. The van der Waals surface area contributed by atoms with Gasteiger partial charge in [0.25, 0.3) is 0 Å². The molecule has 1 atom stereocenters. The number of ether oxygens (including phenoxy) is 1. The predicted octanol–water partition coefficient (Wildman–Crippen LogP) is 2.17. The maximum Gasteiger partial charge on any atom is 0.169 e. The van der Waals surface area contributed by atoms with E-state index in [0.29, 0.717) is 12.2 Å². The van der Waals surface area contributed by atoms with E-state index in [1.54, 1.807) is 13.0 Å². The fraction of sp³-hybridized carbons (Fsp3) is 0.385. The normalized spacial score (nSPS) is 15.8. The molecule has 0 radical (unpaired) electrons. The molecule has 1 unspecified atom stereocenters. The second kappa shape index (κ2) is 4.08. The number of Topliss-reactive ketones (excluding diaryl/α,β-unsaturated/α-hetero) is 2. The number of ketones is 2. The Morgan fingerprint density at radius 2 is 2.12 bits per heavy atom. The van der Waals surface area contributed by atoms with Crippen molar-refractivity contribution in [2.75, 3.05) is 0 Å². The molecule has 0 amide bonds. The summed E-state index contributed by atoms with van der Waals surface area (Å²) in [6.45, 7) is 3.20. The lowest BCUT2D eigenvalue weighted by atomic mass is 10.1. The summed E-state index contributed by atoms with van der Waals surface area (Å²) in [6.07, 6.45) is 0.937. The highest BCUT2D eigenvalue weighted by atomic mass is 16.5. The molecule has 0 fully saturated rings. The number of fused-ring (bicyclic) bond motifs is 1. The first-order chi connectivity index (χ1) is 7.58. The Balaban J connectivity index is 2.21. The zero-order valence-corrected chi connectivity index (χ0v) is 9.45. The second-order valence-corrected chi connectivity index (χ2v) is 4.11. The molecule has 0 N–H and O–H groups in total. The van der Waals surface area contributed by atoms with Gasteiger partial charge in [-0.2, -0.15) is 0 Å². The average Bonchev–Trinajstić information content (AvgIpc) is 2.60. The summed E-state index contributed by atoms with van der Waals surface area (Å²) >= 11 is 0. The summed E-state index contributed by atoms with van der Waals surface area (Å²) < 4.78 is 5.45. The van der Waals surface area contributed by atoms with Crippen molar-refractivity contribution in [2.45, 2.75) is 32.8 Å². The van der Waals surface area contributed by atoms with Crippen LogP contribution in [0.25, 0.3) is 0 Å². The molecule has 3 heteroatoms. The first-order valence-electron chi connectivity index (χ1n) is 5.41. The molecule has 0 bridgehead atoms. The summed E-state index contributed by atoms with van der Waals surface area (Å²) in [4.78, 5) is 22.6. The van der Waals surface area contributed by atoms with Gasteiger partial charge < -0.3 is 4.74 Å². The quantitative estimate of drug-likeness (QED) is 0.780. The van der Waals surface area contributed by atoms with Gasteiger partial charge in [-0.1, -0.05) is 6.07 Å². The fourth-order valence-electron chi connectivity index (χ4n) is 1.78. The minimum Gasteiger partial charge on any atom is -0.483 e. The Labute approximate surface area is 94.4 Å². The zero-order chi connectivity index (χ0) is 11.7. The Hall–Kier alpha value is -1.64. The molecule has 16 heavy (non-hydrogen) atoms. The van der Waals surface area contributed by atoms with Crippen LogP contribution in [0.5, 0.6) is 5.75 Å². The molecule has 0 saturated carbocycles. The van der Waals surface area contributed by atoms with Gasteiger partial charge in [0.15, 0.2) is 17.7 Å². The summed E-state index contributed by atoms with van der Waals surface area (Å²) in [5, 5.41) is 0. The predicted molar refractivity (Wildman–Crippen MR) is 59.9 cm³/mol. The van der Waals surface area contributed by atoms with E-state index >= 15 is 0 Å². The van der Waals surface area contributed by atoms with Crippen molar-refractivity contribution in [2.24, 2.45) is 0 Å². The molecular formula is C13H14O3. The van der Waals surface area contributed by atoms with Crippen LogP contribution < -0.4 is 4.74 Å². The lowest BCUT2D eigenvalue weighted by Gasteiger charge is -2.12. The topological polar surface area (TPSA) is 43.4 Å². The van der Waals surface area contributed by atoms with Crippen molar-refractivity contribution in [3.05, 3.63) is 29.3 Å². The molecule has 1 aromatic rings. The van der Waals surface area contributed by atoms with E-state index < -0.39 is 6.10 Å². The molecule has 1 aromatic carbocycles. The highest BCUT2D eigenvalue weighted by Crippen LogP contribution is 2.26. The summed E-state index contributed by atoms with van der Waals surface area (Å²) in [5.41, 5.74) is 1.82. The van der Waals surface area contributed by atoms with Crippen molar-refractivity contribution in [1.29, 1.82) is 0 Å². The number of carbonyl (C=O) groups excluding carboxylic acids is 2. The van der Waals surface area contributed by atoms with Crippen LogP contribution in [-0.4, -0.2) is 17.7 Å². The lowest BCUT2D eigenvalue weighted by molar-refractivity contribution is -0.122. The van der Waals surface area contributed by atoms with Crippen LogP contribution in [0.15, 0.2) is 18.2 Å². The third kappa shape index (κ3) is 1.98. The molecule has 0 spiro atoms. The minimum absolute atomic E-state index is 0.0215. The molecule has 3 nitrogen and oxygen atoms in total.